The predicted molar refractivity (Wildman–Crippen MR) is 111 cm³/mol. The lowest BCUT2D eigenvalue weighted by Gasteiger charge is -2.32. The van der Waals surface area contributed by atoms with Crippen LogP contribution in [0.2, 0.25) is 0 Å². The molecule has 2 fully saturated rings. The van der Waals surface area contributed by atoms with Crippen molar-refractivity contribution >= 4 is 11.8 Å². The minimum absolute atomic E-state index is 0.0159. The first-order valence-electron chi connectivity index (χ1n) is 10.5. The van der Waals surface area contributed by atoms with E-state index in [0.29, 0.717) is 17.1 Å². The van der Waals surface area contributed by atoms with E-state index in [4.69, 9.17) is 13.9 Å². The van der Waals surface area contributed by atoms with Crippen molar-refractivity contribution in [2.45, 2.75) is 56.7 Å². The van der Waals surface area contributed by atoms with Crippen LogP contribution in [0.25, 0.3) is 0 Å². The zero-order chi connectivity index (χ0) is 21.1. The van der Waals surface area contributed by atoms with Crippen LogP contribution in [-0.2, 0) is 4.79 Å². The fourth-order valence-electron chi connectivity index (χ4n) is 4.27. The Balaban J connectivity index is 1.76. The van der Waals surface area contributed by atoms with E-state index in [0.717, 1.165) is 38.5 Å². The summed E-state index contributed by atoms with van der Waals surface area (Å²) in [5, 5.41) is 3.17. The Bertz CT molecular complexity index is 885. The monoisotopic (exact) mass is 412 g/mol. The molecule has 0 unspecified atom stereocenters. The van der Waals surface area contributed by atoms with Crippen LogP contribution >= 0.6 is 0 Å². The molecule has 160 valence electrons. The highest BCUT2D eigenvalue weighted by Gasteiger charge is 2.44. The van der Waals surface area contributed by atoms with Crippen LogP contribution in [0.3, 0.4) is 0 Å². The molecule has 0 spiro atoms. The molecule has 1 heterocycles. The molecule has 2 aliphatic rings. The summed E-state index contributed by atoms with van der Waals surface area (Å²) in [5.74, 6) is 0.723. The summed E-state index contributed by atoms with van der Waals surface area (Å²) >= 11 is 0. The number of carbonyl (C=O) groups is 2. The van der Waals surface area contributed by atoms with Gasteiger partial charge in [0.05, 0.1) is 20.5 Å². The first kappa shape index (κ1) is 20.3. The molecule has 7 heteroatoms. The second-order valence-corrected chi connectivity index (χ2v) is 7.90. The van der Waals surface area contributed by atoms with E-state index in [9.17, 15) is 9.59 Å². The summed E-state index contributed by atoms with van der Waals surface area (Å²) in [6, 6.07) is 8.02. The smallest absolute Gasteiger partial charge is 0.290 e. The molecular formula is C23H28N2O5. The number of nitrogens with one attached hydrogen (secondary N) is 1. The lowest BCUT2D eigenvalue weighted by atomic mass is 10.0. The number of carbonyl (C=O) groups excluding carboxylic acids is 2. The van der Waals surface area contributed by atoms with Gasteiger partial charge in [0.25, 0.3) is 5.91 Å². The van der Waals surface area contributed by atoms with Gasteiger partial charge < -0.3 is 24.1 Å². The number of para-hydroxylation sites is 1. The minimum Gasteiger partial charge on any atom is -0.493 e. The molecule has 0 radical (unpaired) electrons. The molecule has 30 heavy (non-hydrogen) atoms. The third-order valence-electron chi connectivity index (χ3n) is 5.86. The van der Waals surface area contributed by atoms with Crippen molar-refractivity contribution in [2.75, 3.05) is 14.2 Å². The lowest BCUT2D eigenvalue weighted by Crippen LogP contribution is -2.47. The van der Waals surface area contributed by atoms with E-state index in [2.05, 4.69) is 5.32 Å². The van der Waals surface area contributed by atoms with Crippen LogP contribution in [0, 0.1) is 0 Å². The molecular weight excluding hydrogens is 384 g/mol. The first-order valence-corrected chi connectivity index (χ1v) is 10.5. The zero-order valence-electron chi connectivity index (χ0n) is 17.4. The molecule has 0 aliphatic heterocycles. The van der Waals surface area contributed by atoms with E-state index in [-0.39, 0.29) is 29.7 Å². The lowest BCUT2D eigenvalue weighted by molar-refractivity contribution is -0.126. The molecule has 2 aliphatic carbocycles. The third-order valence-corrected chi connectivity index (χ3v) is 5.86. The van der Waals surface area contributed by atoms with Crippen LogP contribution in [-0.4, -0.2) is 43.0 Å². The van der Waals surface area contributed by atoms with Gasteiger partial charge in [0, 0.05) is 17.6 Å². The average molecular weight is 412 g/mol. The summed E-state index contributed by atoms with van der Waals surface area (Å²) in [7, 11) is 3.10. The van der Waals surface area contributed by atoms with Gasteiger partial charge in [-0.05, 0) is 43.9 Å². The summed E-state index contributed by atoms with van der Waals surface area (Å²) in [6.45, 7) is 0. The van der Waals surface area contributed by atoms with Crippen molar-refractivity contribution in [1.29, 1.82) is 0 Å². The highest BCUT2D eigenvalue weighted by molar-refractivity contribution is 5.97. The standard InChI is InChI=1S/C23H28N2O5/c1-28-18-10-5-9-17(21(18)29-2)20(22(26)24-15-7-3-4-8-15)25(16-12-13-16)23(27)19-11-6-14-30-19/h5-6,9-11,14-16,20H,3-4,7-8,12-13H2,1-2H3,(H,24,26)/t20-/m1/s1. The van der Waals surface area contributed by atoms with Gasteiger partial charge in [-0.3, -0.25) is 9.59 Å². The summed E-state index contributed by atoms with van der Waals surface area (Å²) in [5.41, 5.74) is 0.610. The summed E-state index contributed by atoms with van der Waals surface area (Å²) < 4.78 is 16.4. The van der Waals surface area contributed by atoms with Crippen LogP contribution in [0.5, 0.6) is 11.5 Å². The fourth-order valence-corrected chi connectivity index (χ4v) is 4.27. The molecule has 1 atom stereocenters. The van der Waals surface area contributed by atoms with Gasteiger partial charge in [0.15, 0.2) is 17.3 Å². The fraction of sp³-hybridized carbons (Fsp3) is 0.478. The Hall–Kier alpha value is -2.96. The van der Waals surface area contributed by atoms with Gasteiger partial charge >= 0.3 is 0 Å². The number of methoxy groups -OCH3 is 2. The maximum Gasteiger partial charge on any atom is 0.290 e. The number of hydrogen-bond acceptors (Lipinski definition) is 5. The molecule has 2 saturated carbocycles. The Morgan fingerprint density at radius 2 is 1.83 bits per heavy atom. The molecule has 1 N–H and O–H groups in total. The highest BCUT2D eigenvalue weighted by atomic mass is 16.5. The number of hydrogen-bond donors (Lipinski definition) is 1. The SMILES string of the molecule is COc1cccc([C@H](C(=O)NC2CCCC2)N(C(=O)c2ccco2)C2CC2)c1OC. The largest absolute Gasteiger partial charge is 0.493 e. The second-order valence-electron chi connectivity index (χ2n) is 7.90. The van der Waals surface area contributed by atoms with E-state index in [1.165, 1.54) is 6.26 Å². The normalized spacial score (nSPS) is 17.4. The predicted octanol–water partition coefficient (Wildman–Crippen LogP) is 3.70. The van der Waals surface area contributed by atoms with E-state index >= 15 is 0 Å². The Kier molecular flexibility index (Phi) is 5.97. The highest BCUT2D eigenvalue weighted by Crippen LogP contribution is 2.42. The van der Waals surface area contributed by atoms with Gasteiger partial charge in [-0.2, -0.15) is 0 Å². The van der Waals surface area contributed by atoms with Crippen LogP contribution in [0.4, 0.5) is 0 Å². The first-order chi connectivity index (χ1) is 14.6. The third kappa shape index (κ3) is 4.01. The van der Waals surface area contributed by atoms with E-state index < -0.39 is 6.04 Å². The maximum atomic E-state index is 13.6. The van der Waals surface area contributed by atoms with Crippen molar-refractivity contribution in [2.24, 2.45) is 0 Å². The summed E-state index contributed by atoms with van der Waals surface area (Å²) in [6.07, 6.45) is 7.31. The number of amides is 2. The van der Waals surface area contributed by atoms with Gasteiger partial charge in [0.1, 0.15) is 6.04 Å². The van der Waals surface area contributed by atoms with Crippen molar-refractivity contribution in [1.82, 2.24) is 10.2 Å². The van der Waals surface area contributed by atoms with Gasteiger partial charge in [0.2, 0.25) is 5.91 Å². The Labute approximate surface area is 176 Å². The zero-order valence-corrected chi connectivity index (χ0v) is 17.4. The minimum atomic E-state index is -0.833. The molecule has 2 amide bonds. The van der Waals surface area contributed by atoms with Crippen molar-refractivity contribution in [3.05, 3.63) is 47.9 Å². The number of furan rings is 1. The van der Waals surface area contributed by atoms with E-state index in [1.807, 2.05) is 12.1 Å². The Morgan fingerprint density at radius 3 is 2.43 bits per heavy atom. The van der Waals surface area contributed by atoms with Gasteiger partial charge in [-0.25, -0.2) is 0 Å². The topological polar surface area (TPSA) is 81.0 Å². The van der Waals surface area contributed by atoms with Crippen molar-refractivity contribution in [3.8, 4) is 11.5 Å². The number of benzene rings is 1. The molecule has 1 aromatic carbocycles. The van der Waals surface area contributed by atoms with Gasteiger partial charge in [-0.15, -0.1) is 0 Å². The number of rotatable bonds is 8. The molecule has 2 aromatic rings. The Morgan fingerprint density at radius 1 is 1.07 bits per heavy atom. The average Bonchev–Trinajstić information content (AvgIpc) is 3.20. The van der Waals surface area contributed by atoms with Crippen LogP contribution in [0.15, 0.2) is 41.0 Å². The second kappa shape index (κ2) is 8.81. The molecule has 1 aromatic heterocycles. The molecule has 0 bridgehead atoms. The maximum absolute atomic E-state index is 13.6. The molecule has 7 nitrogen and oxygen atoms in total. The van der Waals surface area contributed by atoms with E-state index in [1.54, 1.807) is 37.3 Å². The van der Waals surface area contributed by atoms with Crippen molar-refractivity contribution in [3.63, 3.8) is 0 Å². The van der Waals surface area contributed by atoms with Crippen LogP contribution in [0.1, 0.15) is 60.7 Å². The van der Waals surface area contributed by atoms with Crippen LogP contribution < -0.4 is 14.8 Å². The molecule has 4 rings (SSSR count). The quantitative estimate of drug-likeness (QED) is 0.715. The summed E-state index contributed by atoms with van der Waals surface area (Å²) in [4.78, 5) is 28.6. The van der Waals surface area contributed by atoms with Crippen molar-refractivity contribution < 1.29 is 23.5 Å². The molecule has 0 saturated heterocycles. The number of ether oxygens (including phenoxy) is 2. The van der Waals surface area contributed by atoms with Gasteiger partial charge in [-0.1, -0.05) is 25.0 Å². The number of nitrogens with zero attached hydrogens (tertiary/aromatic N) is 1.